The van der Waals surface area contributed by atoms with E-state index in [1.165, 1.54) is 6.20 Å². The van der Waals surface area contributed by atoms with Crippen LogP contribution >= 0.6 is 0 Å². The molecule has 3 aromatic rings. The largest absolute Gasteiger partial charge is 0.444 e. The minimum absolute atomic E-state index is 0.293. The van der Waals surface area contributed by atoms with Gasteiger partial charge < -0.3 is 15.4 Å². The Morgan fingerprint density at radius 2 is 1.81 bits per heavy atom. The van der Waals surface area contributed by atoms with Crippen molar-refractivity contribution >= 4 is 23.4 Å². The number of anilines is 2. The second kappa shape index (κ2) is 9.00. The lowest BCUT2D eigenvalue weighted by Crippen LogP contribution is -2.26. The first-order valence-electron chi connectivity index (χ1n) is 10.4. The quantitative estimate of drug-likeness (QED) is 0.541. The van der Waals surface area contributed by atoms with E-state index in [2.05, 4.69) is 15.6 Å². The van der Waals surface area contributed by atoms with Crippen LogP contribution in [0.15, 0.2) is 66.9 Å². The SMILES string of the molecule is Cc1ccc(C)c(NC(=O)C(OC(=O)c2ccc(NC3CC3)nc2)c2ccccc2)c1. The summed E-state index contributed by atoms with van der Waals surface area (Å²) >= 11 is 0. The van der Waals surface area contributed by atoms with Crippen molar-refractivity contribution in [2.45, 2.75) is 38.8 Å². The van der Waals surface area contributed by atoms with Crippen LogP contribution in [-0.2, 0) is 9.53 Å². The number of nitrogens with one attached hydrogen (secondary N) is 2. The van der Waals surface area contributed by atoms with Crippen LogP contribution in [0, 0.1) is 13.8 Å². The van der Waals surface area contributed by atoms with Crippen molar-refractivity contribution in [3.8, 4) is 0 Å². The Bertz CT molecular complexity index is 1080. The Morgan fingerprint density at radius 1 is 1.03 bits per heavy atom. The van der Waals surface area contributed by atoms with Crippen LogP contribution in [0.3, 0.4) is 0 Å². The number of esters is 1. The van der Waals surface area contributed by atoms with Crippen molar-refractivity contribution in [2.75, 3.05) is 10.6 Å². The van der Waals surface area contributed by atoms with Crippen LogP contribution < -0.4 is 10.6 Å². The molecular weight excluding hydrogens is 390 g/mol. The lowest BCUT2D eigenvalue weighted by molar-refractivity contribution is -0.125. The lowest BCUT2D eigenvalue weighted by atomic mass is 10.1. The fourth-order valence-corrected chi connectivity index (χ4v) is 3.18. The molecule has 1 aliphatic rings. The third kappa shape index (κ3) is 5.28. The van der Waals surface area contributed by atoms with E-state index >= 15 is 0 Å². The maximum Gasteiger partial charge on any atom is 0.340 e. The maximum absolute atomic E-state index is 13.1. The van der Waals surface area contributed by atoms with Gasteiger partial charge in [-0.05, 0) is 56.0 Å². The van der Waals surface area contributed by atoms with Gasteiger partial charge in [-0.2, -0.15) is 0 Å². The smallest absolute Gasteiger partial charge is 0.340 e. The minimum Gasteiger partial charge on any atom is -0.444 e. The minimum atomic E-state index is -1.09. The van der Waals surface area contributed by atoms with E-state index in [9.17, 15) is 9.59 Å². The number of hydrogen-bond acceptors (Lipinski definition) is 5. The molecule has 2 aromatic carbocycles. The van der Waals surface area contributed by atoms with E-state index in [0.29, 0.717) is 22.9 Å². The zero-order valence-electron chi connectivity index (χ0n) is 17.6. The van der Waals surface area contributed by atoms with Crippen LogP contribution in [0.5, 0.6) is 0 Å². The van der Waals surface area contributed by atoms with Crippen LogP contribution in [0.25, 0.3) is 0 Å². The highest BCUT2D eigenvalue weighted by molar-refractivity contribution is 5.98. The Hall–Kier alpha value is -3.67. The molecule has 1 aromatic heterocycles. The van der Waals surface area contributed by atoms with Crippen molar-refractivity contribution in [3.05, 3.63) is 89.1 Å². The molecule has 1 heterocycles. The molecular formula is C25H25N3O3. The van der Waals surface area contributed by atoms with E-state index in [-0.39, 0.29) is 0 Å². The molecule has 0 radical (unpaired) electrons. The van der Waals surface area contributed by atoms with Crippen LogP contribution in [0.4, 0.5) is 11.5 Å². The first kappa shape index (κ1) is 20.6. The Kier molecular flexibility index (Phi) is 5.98. The lowest BCUT2D eigenvalue weighted by Gasteiger charge is -2.19. The number of benzene rings is 2. The van der Waals surface area contributed by atoms with E-state index in [1.807, 2.05) is 38.1 Å². The molecule has 0 aliphatic heterocycles. The van der Waals surface area contributed by atoms with Crippen LogP contribution in [0.2, 0.25) is 0 Å². The Labute approximate surface area is 181 Å². The number of aryl methyl sites for hydroxylation is 2. The first-order valence-corrected chi connectivity index (χ1v) is 10.4. The molecule has 31 heavy (non-hydrogen) atoms. The molecule has 2 N–H and O–H groups in total. The van der Waals surface area contributed by atoms with Crippen molar-refractivity contribution < 1.29 is 14.3 Å². The van der Waals surface area contributed by atoms with Crippen molar-refractivity contribution in [1.82, 2.24) is 4.98 Å². The predicted molar refractivity (Wildman–Crippen MR) is 120 cm³/mol. The van der Waals surface area contributed by atoms with E-state index in [4.69, 9.17) is 4.74 Å². The molecule has 1 saturated carbocycles. The Morgan fingerprint density at radius 3 is 2.48 bits per heavy atom. The third-order valence-corrected chi connectivity index (χ3v) is 5.14. The predicted octanol–water partition coefficient (Wildman–Crippen LogP) is 4.81. The standard InChI is InChI=1S/C25H25N3O3/c1-16-8-9-17(2)21(14-16)28-24(29)23(18-6-4-3-5-7-18)31-25(30)19-10-13-22(26-15-19)27-20-11-12-20/h3-10,13-15,20,23H,11-12H2,1-2H3,(H,26,27)(H,28,29). The van der Waals surface area contributed by atoms with Gasteiger partial charge in [0.05, 0.1) is 5.56 Å². The first-order chi connectivity index (χ1) is 15.0. The van der Waals surface area contributed by atoms with Gasteiger partial charge >= 0.3 is 5.97 Å². The molecule has 1 amide bonds. The number of ether oxygens (including phenoxy) is 1. The normalized spacial score (nSPS) is 13.9. The van der Waals surface area contributed by atoms with E-state index in [1.54, 1.807) is 36.4 Å². The summed E-state index contributed by atoms with van der Waals surface area (Å²) in [6.07, 6.45) is 2.66. The number of amides is 1. The molecule has 4 rings (SSSR count). The highest BCUT2D eigenvalue weighted by Crippen LogP contribution is 2.25. The Balaban J connectivity index is 1.52. The summed E-state index contributed by atoms with van der Waals surface area (Å²) in [5.74, 6) is -0.282. The van der Waals surface area contributed by atoms with Gasteiger partial charge in [0.15, 0.2) is 0 Å². The molecule has 1 unspecified atom stereocenters. The third-order valence-electron chi connectivity index (χ3n) is 5.14. The number of nitrogens with zero attached hydrogens (tertiary/aromatic N) is 1. The van der Waals surface area contributed by atoms with E-state index < -0.39 is 18.0 Å². The van der Waals surface area contributed by atoms with Crippen molar-refractivity contribution in [2.24, 2.45) is 0 Å². The topological polar surface area (TPSA) is 80.3 Å². The summed E-state index contributed by atoms with van der Waals surface area (Å²) in [6.45, 7) is 3.88. The van der Waals surface area contributed by atoms with Crippen LogP contribution in [-0.4, -0.2) is 22.9 Å². The van der Waals surface area contributed by atoms with Gasteiger partial charge in [-0.3, -0.25) is 4.79 Å². The van der Waals surface area contributed by atoms with Gasteiger partial charge in [-0.15, -0.1) is 0 Å². The van der Waals surface area contributed by atoms with Gasteiger partial charge in [0.25, 0.3) is 5.91 Å². The summed E-state index contributed by atoms with van der Waals surface area (Å²) in [4.78, 5) is 30.2. The highest BCUT2D eigenvalue weighted by atomic mass is 16.5. The van der Waals surface area contributed by atoms with Crippen LogP contribution in [0.1, 0.15) is 46.0 Å². The molecule has 1 fully saturated rings. The summed E-state index contributed by atoms with van der Waals surface area (Å²) in [5, 5.41) is 6.18. The molecule has 0 spiro atoms. The second-order valence-corrected chi connectivity index (χ2v) is 7.85. The fraction of sp³-hybridized carbons (Fsp3) is 0.240. The van der Waals surface area contributed by atoms with Crippen molar-refractivity contribution in [1.29, 1.82) is 0 Å². The molecule has 0 saturated heterocycles. The zero-order valence-corrected chi connectivity index (χ0v) is 17.6. The van der Waals surface area contributed by atoms with Gasteiger partial charge in [-0.1, -0.05) is 42.5 Å². The molecule has 0 bridgehead atoms. The van der Waals surface area contributed by atoms with Gasteiger partial charge in [-0.25, -0.2) is 9.78 Å². The molecule has 158 valence electrons. The summed E-state index contributed by atoms with van der Waals surface area (Å²) in [6, 6.07) is 18.7. The number of carbonyl (C=O) groups excluding carboxylic acids is 2. The van der Waals surface area contributed by atoms with Gasteiger partial charge in [0, 0.05) is 23.5 Å². The van der Waals surface area contributed by atoms with Crippen molar-refractivity contribution in [3.63, 3.8) is 0 Å². The highest BCUT2D eigenvalue weighted by Gasteiger charge is 2.27. The van der Waals surface area contributed by atoms with Gasteiger partial charge in [0.1, 0.15) is 5.82 Å². The average Bonchev–Trinajstić information content (AvgIpc) is 3.59. The number of aromatic nitrogens is 1. The number of rotatable bonds is 7. The summed E-state index contributed by atoms with van der Waals surface area (Å²) < 4.78 is 5.65. The summed E-state index contributed by atoms with van der Waals surface area (Å²) in [7, 11) is 0. The maximum atomic E-state index is 13.1. The summed E-state index contributed by atoms with van der Waals surface area (Å²) in [5.41, 5.74) is 3.54. The molecule has 1 aliphatic carbocycles. The zero-order chi connectivity index (χ0) is 21.8. The number of carbonyl (C=O) groups is 2. The second-order valence-electron chi connectivity index (χ2n) is 7.85. The molecule has 1 atom stereocenters. The van der Waals surface area contributed by atoms with Gasteiger partial charge in [0.2, 0.25) is 6.10 Å². The molecule has 6 nitrogen and oxygen atoms in total. The fourth-order valence-electron chi connectivity index (χ4n) is 3.18. The average molecular weight is 415 g/mol. The van der Waals surface area contributed by atoms with E-state index in [0.717, 1.165) is 29.8 Å². The monoisotopic (exact) mass is 415 g/mol. The number of pyridine rings is 1. The molecule has 6 heteroatoms. The number of hydrogen-bond donors (Lipinski definition) is 2.